The Balaban J connectivity index is 0.885. The third-order valence-electron chi connectivity index (χ3n) is 15.6. The Morgan fingerprint density at radius 3 is 1.84 bits per heavy atom. The summed E-state index contributed by atoms with van der Waals surface area (Å²) in [4.78, 5) is 72.7. The van der Waals surface area contributed by atoms with E-state index in [1.807, 2.05) is 17.3 Å². The zero-order chi connectivity index (χ0) is 47.8. The van der Waals surface area contributed by atoms with E-state index in [9.17, 15) is 24.3 Å². The number of nitrogens with one attached hydrogen (secondary N) is 4. The van der Waals surface area contributed by atoms with Crippen LogP contribution in [0.5, 0.6) is 11.5 Å². The van der Waals surface area contributed by atoms with E-state index in [0.717, 1.165) is 94.4 Å². The van der Waals surface area contributed by atoms with Crippen LogP contribution in [-0.2, 0) is 29.2 Å². The second-order valence-corrected chi connectivity index (χ2v) is 19.2. The lowest BCUT2D eigenvalue weighted by Crippen LogP contribution is -2.53. The molecule has 17 nitrogen and oxygen atoms in total. The van der Waals surface area contributed by atoms with Crippen molar-refractivity contribution in [1.82, 2.24) is 40.4 Å². The molecule has 2 aromatic heterocycles. The zero-order valence-electron chi connectivity index (χ0n) is 39.6. The number of carbonyl (C=O) groups is 4. The van der Waals surface area contributed by atoms with Crippen LogP contribution < -0.4 is 15.4 Å². The molecule has 4 amide bonds. The van der Waals surface area contributed by atoms with E-state index >= 15 is 0 Å². The van der Waals surface area contributed by atoms with E-state index in [2.05, 4.69) is 83.0 Å². The molecule has 17 heteroatoms. The first-order valence-electron chi connectivity index (χ1n) is 24.7. The Morgan fingerprint density at radius 2 is 1.29 bits per heavy atom. The van der Waals surface area contributed by atoms with Crippen molar-refractivity contribution in [3.8, 4) is 34.0 Å². The van der Waals surface area contributed by atoms with Gasteiger partial charge in [-0.3, -0.25) is 9.59 Å². The number of alkyl carbamates (subject to hydrolysis) is 1. The number of carbonyl (C=O) groups excluding carboxylic acids is 3. The van der Waals surface area contributed by atoms with E-state index in [1.54, 1.807) is 4.90 Å². The first-order valence-corrected chi connectivity index (χ1v) is 24.7. The van der Waals surface area contributed by atoms with Crippen molar-refractivity contribution in [2.75, 3.05) is 46.6 Å². The second kappa shape index (κ2) is 19.5. The smallest absolute Gasteiger partial charge is 0.407 e. The molecule has 5 aromatic rings. The first-order chi connectivity index (χ1) is 33.6. The summed E-state index contributed by atoms with van der Waals surface area (Å²) >= 11 is 0. The Hall–Kier alpha value is -6.46. The summed E-state index contributed by atoms with van der Waals surface area (Å²) in [7, 11) is 1.31. The molecular weight excluding hydrogens is 881 g/mol. The van der Waals surface area contributed by atoms with Crippen LogP contribution in [0.1, 0.15) is 113 Å². The number of aromatic amines is 2. The van der Waals surface area contributed by atoms with Gasteiger partial charge in [0.05, 0.1) is 43.0 Å². The minimum atomic E-state index is -1.20. The Labute approximate surface area is 401 Å². The van der Waals surface area contributed by atoms with Gasteiger partial charge in [-0.25, -0.2) is 19.6 Å². The number of fused-ring (bicyclic) bond motifs is 4. The van der Waals surface area contributed by atoms with E-state index in [-0.39, 0.29) is 41.1 Å². The lowest BCUT2D eigenvalue weighted by Gasteiger charge is -2.40. The van der Waals surface area contributed by atoms with Gasteiger partial charge in [0.15, 0.2) is 0 Å². The Kier molecular flexibility index (Phi) is 13.1. The lowest BCUT2D eigenvalue weighted by molar-refractivity contribution is -0.137. The van der Waals surface area contributed by atoms with Crippen LogP contribution in [0.3, 0.4) is 0 Å². The summed E-state index contributed by atoms with van der Waals surface area (Å²) in [5, 5.41) is 17.2. The maximum absolute atomic E-state index is 14.2. The van der Waals surface area contributed by atoms with Crippen LogP contribution >= 0.6 is 0 Å². The molecule has 4 fully saturated rings. The van der Waals surface area contributed by atoms with E-state index in [1.165, 1.54) is 7.11 Å². The highest BCUT2D eigenvalue weighted by Crippen LogP contribution is 2.55. The highest BCUT2D eigenvalue weighted by atomic mass is 16.5. The number of hydrogen-bond acceptors (Lipinski definition) is 10. The van der Waals surface area contributed by atoms with Crippen LogP contribution in [0.25, 0.3) is 33.3 Å². The number of aromatic nitrogens is 4. The van der Waals surface area contributed by atoms with Crippen LogP contribution in [0, 0.1) is 11.8 Å². The highest BCUT2D eigenvalue weighted by Gasteiger charge is 2.44. The summed E-state index contributed by atoms with van der Waals surface area (Å²) in [6, 6.07) is 14.9. The number of benzene rings is 3. The molecule has 0 aliphatic carbocycles. The van der Waals surface area contributed by atoms with Gasteiger partial charge in [-0.15, -0.1) is 0 Å². The summed E-state index contributed by atoms with van der Waals surface area (Å²) in [6.07, 6.45) is 9.25. The van der Waals surface area contributed by atoms with Crippen molar-refractivity contribution in [1.29, 1.82) is 0 Å². The van der Waals surface area contributed by atoms with Gasteiger partial charge in [-0.2, -0.15) is 0 Å². The predicted octanol–water partition coefficient (Wildman–Crippen LogP) is 8.37. The summed E-state index contributed by atoms with van der Waals surface area (Å²) in [5.41, 5.74) is 5.50. The molecule has 5 aliphatic heterocycles. The maximum Gasteiger partial charge on any atom is 0.407 e. The number of methoxy groups -OCH3 is 1. The number of amides is 4. The SMILES string of the molecule is CCC1(CC)c2ccc(-c3cnc([C@H]4CCCN4C(=O)C(NC(=O)OC)C4CCOCC4)[nH]3)cc2Oc2ccc3cc(-c4cnc([C@H]5CCCN5C(=O)C(NC(=O)O)C5CCOCC5)[nH]4)ccc3c21. The topological polar surface area (TPSA) is 213 Å². The van der Waals surface area contributed by atoms with Crippen molar-refractivity contribution < 1.29 is 43.2 Å². The molecule has 5 N–H and O–H groups in total. The summed E-state index contributed by atoms with van der Waals surface area (Å²) in [5.74, 6) is 2.50. The third-order valence-corrected chi connectivity index (χ3v) is 15.6. The van der Waals surface area contributed by atoms with Gasteiger partial charge in [0.25, 0.3) is 0 Å². The fraction of sp³-hybridized carbons (Fsp3) is 0.500. The number of nitrogens with zero attached hydrogens (tertiary/aromatic N) is 4. The normalized spacial score (nSPS) is 21.3. The summed E-state index contributed by atoms with van der Waals surface area (Å²) in [6.45, 7) is 7.69. The van der Waals surface area contributed by atoms with Crippen molar-refractivity contribution >= 4 is 34.8 Å². The average molecular weight is 943 g/mol. The monoisotopic (exact) mass is 942 g/mol. The van der Waals surface area contributed by atoms with Gasteiger partial charge in [-0.1, -0.05) is 44.2 Å². The van der Waals surface area contributed by atoms with Gasteiger partial charge in [0.2, 0.25) is 11.8 Å². The fourth-order valence-corrected chi connectivity index (χ4v) is 11.9. The number of ether oxygens (including phenoxy) is 4. The second-order valence-electron chi connectivity index (χ2n) is 19.2. The summed E-state index contributed by atoms with van der Waals surface area (Å²) < 4.78 is 22.8. The molecule has 0 radical (unpaired) electrons. The molecule has 3 aromatic carbocycles. The van der Waals surface area contributed by atoms with Crippen molar-refractivity contribution in [2.45, 2.75) is 108 Å². The number of rotatable bonds is 12. The minimum absolute atomic E-state index is 0.0482. The third kappa shape index (κ3) is 8.68. The fourth-order valence-electron chi connectivity index (χ4n) is 11.9. The molecule has 4 atom stereocenters. The van der Waals surface area contributed by atoms with Crippen LogP contribution in [0.2, 0.25) is 0 Å². The van der Waals surface area contributed by atoms with Crippen LogP contribution in [0.4, 0.5) is 9.59 Å². The average Bonchev–Trinajstić information content (AvgIpc) is 4.24. The number of carboxylic acid groups (broad SMARTS) is 1. The van der Waals surface area contributed by atoms with Gasteiger partial charge >= 0.3 is 12.2 Å². The molecule has 364 valence electrons. The molecule has 5 aliphatic rings. The van der Waals surface area contributed by atoms with Gasteiger partial charge in [-0.05, 0) is 105 Å². The number of likely N-dealkylation sites (tertiary alicyclic amines) is 2. The van der Waals surface area contributed by atoms with E-state index in [4.69, 9.17) is 28.9 Å². The zero-order valence-corrected chi connectivity index (χ0v) is 39.6. The number of hydrogen-bond donors (Lipinski definition) is 5. The maximum atomic E-state index is 14.2. The molecular formula is C52H62N8O9. The molecule has 4 saturated heterocycles. The van der Waals surface area contributed by atoms with Gasteiger partial charge in [0, 0.05) is 67.2 Å². The number of imidazole rings is 2. The number of H-pyrrole nitrogens is 2. The largest absolute Gasteiger partial charge is 0.465 e. The molecule has 2 unspecified atom stereocenters. The van der Waals surface area contributed by atoms with Gasteiger partial charge in [0.1, 0.15) is 35.2 Å². The Morgan fingerprint density at radius 1 is 0.739 bits per heavy atom. The van der Waals surface area contributed by atoms with Crippen LogP contribution in [-0.4, -0.2) is 118 Å². The molecule has 10 rings (SSSR count). The predicted molar refractivity (Wildman–Crippen MR) is 256 cm³/mol. The molecule has 69 heavy (non-hydrogen) atoms. The lowest BCUT2D eigenvalue weighted by atomic mass is 9.67. The van der Waals surface area contributed by atoms with Crippen LogP contribution in [0.15, 0.2) is 60.9 Å². The van der Waals surface area contributed by atoms with Gasteiger partial charge < -0.3 is 54.5 Å². The van der Waals surface area contributed by atoms with Crippen molar-refractivity contribution in [2.24, 2.45) is 11.8 Å². The standard InChI is InChI=1S/C52H62N8O9/c1-4-52(5-2)36-14-11-34(38-29-54-47(56-38)40-9-7-21-60(40)49(62)45(58-51(65)66-3)31-18-24-68-25-19-31)27-42(36)69-41-15-12-32-26-33(10-13-35(32)43(41)52)37-28-53-46(55-37)39-8-6-20-59(39)48(61)44(57-50(63)64)30-16-22-67-23-17-30/h10-15,26-31,39-40,44-45,57H,4-9,16-25H2,1-3H3,(H,53,55)(H,54,56)(H,58,65)(H,63,64)/t39-,40-,44?,45?/m1/s1. The quantitative estimate of drug-likeness (QED) is 0.0801. The van der Waals surface area contributed by atoms with E-state index < -0.39 is 24.3 Å². The van der Waals surface area contributed by atoms with E-state index in [0.29, 0.717) is 76.8 Å². The Bertz CT molecular complexity index is 2720. The highest BCUT2D eigenvalue weighted by molar-refractivity contribution is 5.94. The molecule has 0 saturated carbocycles. The molecule has 0 bridgehead atoms. The van der Waals surface area contributed by atoms with Crippen molar-refractivity contribution in [3.63, 3.8) is 0 Å². The van der Waals surface area contributed by atoms with Crippen molar-refractivity contribution in [3.05, 3.63) is 83.7 Å². The molecule has 0 spiro atoms. The molecule has 7 heterocycles. The first kappa shape index (κ1) is 46.3. The minimum Gasteiger partial charge on any atom is -0.465 e.